The van der Waals surface area contributed by atoms with Crippen molar-refractivity contribution in [3.63, 3.8) is 0 Å². The van der Waals surface area contributed by atoms with Crippen LogP contribution in [-0.4, -0.2) is 12.1 Å². The summed E-state index contributed by atoms with van der Waals surface area (Å²) in [6, 6.07) is 17.7. The largest absolute Gasteiger partial charge is 0.489 e. The summed E-state index contributed by atoms with van der Waals surface area (Å²) in [5, 5.41) is 4.04. The number of nitrogens with one attached hydrogen (secondary N) is 1. The van der Waals surface area contributed by atoms with Gasteiger partial charge in [0.15, 0.2) is 0 Å². The highest BCUT2D eigenvalue weighted by molar-refractivity contribution is 5.82. The summed E-state index contributed by atoms with van der Waals surface area (Å²) in [5.74, 6) is 0.745. The average Bonchev–Trinajstić information content (AvgIpc) is 2.67. The molecule has 1 amide bonds. The SMILES string of the molecule is CCCCCCCC(=O)NN=Cc1cccc(OCc2ccccc2)c1. The van der Waals surface area contributed by atoms with Crippen LogP contribution in [0.1, 0.15) is 56.6 Å². The fourth-order valence-corrected chi connectivity index (χ4v) is 2.55. The molecule has 0 aliphatic carbocycles. The first-order valence-electron chi connectivity index (χ1n) is 9.36. The van der Waals surface area contributed by atoms with E-state index in [4.69, 9.17) is 4.74 Å². The van der Waals surface area contributed by atoms with E-state index in [0.717, 1.165) is 29.7 Å². The van der Waals surface area contributed by atoms with Crippen LogP contribution in [0.15, 0.2) is 59.7 Å². The molecule has 2 aromatic rings. The van der Waals surface area contributed by atoms with Gasteiger partial charge < -0.3 is 4.74 Å². The number of carbonyl (C=O) groups is 1. The molecule has 0 heterocycles. The van der Waals surface area contributed by atoms with E-state index in [2.05, 4.69) is 17.5 Å². The molecule has 4 heteroatoms. The van der Waals surface area contributed by atoms with Gasteiger partial charge in [0.05, 0.1) is 6.21 Å². The molecule has 0 atom stereocenters. The second-order valence-corrected chi connectivity index (χ2v) is 6.30. The molecule has 2 rings (SSSR count). The van der Waals surface area contributed by atoms with E-state index < -0.39 is 0 Å². The van der Waals surface area contributed by atoms with Gasteiger partial charge in [-0.3, -0.25) is 4.79 Å². The van der Waals surface area contributed by atoms with Crippen LogP contribution in [0.4, 0.5) is 0 Å². The molecule has 0 radical (unpaired) electrons. The first-order chi connectivity index (χ1) is 12.8. The van der Waals surface area contributed by atoms with Crippen LogP contribution in [-0.2, 0) is 11.4 Å². The minimum Gasteiger partial charge on any atom is -0.489 e. The molecule has 2 aromatic carbocycles. The summed E-state index contributed by atoms with van der Waals surface area (Å²) >= 11 is 0. The lowest BCUT2D eigenvalue weighted by Crippen LogP contribution is -2.16. The Bertz CT molecular complexity index is 684. The van der Waals surface area contributed by atoms with Crippen LogP contribution in [0.3, 0.4) is 0 Å². The third-order valence-electron chi connectivity index (χ3n) is 4.02. The second kappa shape index (κ2) is 11.9. The van der Waals surface area contributed by atoms with Crippen molar-refractivity contribution >= 4 is 12.1 Å². The summed E-state index contributed by atoms with van der Waals surface area (Å²) in [7, 11) is 0. The lowest BCUT2D eigenvalue weighted by atomic mass is 10.1. The Morgan fingerprint density at radius 3 is 2.65 bits per heavy atom. The van der Waals surface area contributed by atoms with Gasteiger partial charge in [-0.15, -0.1) is 0 Å². The van der Waals surface area contributed by atoms with Crippen molar-refractivity contribution in [3.8, 4) is 5.75 Å². The van der Waals surface area contributed by atoms with E-state index in [1.54, 1.807) is 6.21 Å². The molecular weight excluding hydrogens is 324 g/mol. The molecule has 0 saturated carbocycles. The summed E-state index contributed by atoms with van der Waals surface area (Å²) in [6.45, 7) is 2.71. The predicted molar refractivity (Wildman–Crippen MR) is 106 cm³/mol. The number of benzene rings is 2. The summed E-state index contributed by atoms with van der Waals surface area (Å²) < 4.78 is 5.80. The van der Waals surface area contributed by atoms with Gasteiger partial charge in [0.2, 0.25) is 5.91 Å². The second-order valence-electron chi connectivity index (χ2n) is 6.30. The van der Waals surface area contributed by atoms with Gasteiger partial charge in [-0.05, 0) is 29.7 Å². The number of unbranched alkanes of at least 4 members (excludes halogenated alkanes) is 4. The Hall–Kier alpha value is -2.62. The zero-order valence-electron chi connectivity index (χ0n) is 15.5. The highest BCUT2D eigenvalue weighted by Gasteiger charge is 2.00. The van der Waals surface area contributed by atoms with Crippen molar-refractivity contribution in [3.05, 3.63) is 65.7 Å². The highest BCUT2D eigenvalue weighted by atomic mass is 16.5. The molecule has 26 heavy (non-hydrogen) atoms. The van der Waals surface area contributed by atoms with E-state index in [1.165, 1.54) is 19.3 Å². The van der Waals surface area contributed by atoms with E-state index in [9.17, 15) is 4.79 Å². The lowest BCUT2D eigenvalue weighted by Gasteiger charge is -2.06. The zero-order valence-corrected chi connectivity index (χ0v) is 15.5. The van der Waals surface area contributed by atoms with Gasteiger partial charge in [-0.1, -0.05) is 75.1 Å². The van der Waals surface area contributed by atoms with Crippen LogP contribution in [0, 0.1) is 0 Å². The third kappa shape index (κ3) is 7.97. The summed E-state index contributed by atoms with van der Waals surface area (Å²) in [5.41, 5.74) is 4.60. The third-order valence-corrected chi connectivity index (χ3v) is 4.02. The quantitative estimate of drug-likeness (QED) is 0.348. The van der Waals surface area contributed by atoms with E-state index in [0.29, 0.717) is 13.0 Å². The summed E-state index contributed by atoms with van der Waals surface area (Å²) in [4.78, 5) is 11.7. The molecule has 0 aromatic heterocycles. The van der Waals surface area contributed by atoms with Crippen LogP contribution in [0.25, 0.3) is 0 Å². The highest BCUT2D eigenvalue weighted by Crippen LogP contribution is 2.14. The van der Waals surface area contributed by atoms with Crippen LogP contribution in [0.5, 0.6) is 5.75 Å². The fourth-order valence-electron chi connectivity index (χ4n) is 2.55. The number of rotatable bonds is 11. The van der Waals surface area contributed by atoms with Gasteiger partial charge in [-0.2, -0.15) is 5.10 Å². The normalized spacial score (nSPS) is 10.8. The van der Waals surface area contributed by atoms with Crippen molar-refractivity contribution < 1.29 is 9.53 Å². The summed E-state index contributed by atoms with van der Waals surface area (Å²) in [6.07, 6.45) is 7.84. The Balaban J connectivity index is 1.73. The Morgan fingerprint density at radius 1 is 1.04 bits per heavy atom. The van der Waals surface area contributed by atoms with Crippen molar-refractivity contribution in [2.75, 3.05) is 0 Å². The molecule has 0 bridgehead atoms. The smallest absolute Gasteiger partial charge is 0.240 e. The lowest BCUT2D eigenvalue weighted by molar-refractivity contribution is -0.121. The first kappa shape index (κ1) is 19.7. The fraction of sp³-hybridized carbons (Fsp3) is 0.364. The number of nitrogens with zero attached hydrogens (tertiary/aromatic N) is 1. The van der Waals surface area contributed by atoms with Crippen molar-refractivity contribution in [2.24, 2.45) is 5.10 Å². The number of hydrogen-bond donors (Lipinski definition) is 1. The maximum Gasteiger partial charge on any atom is 0.240 e. The van der Waals surface area contributed by atoms with Crippen molar-refractivity contribution in [1.82, 2.24) is 5.43 Å². The monoisotopic (exact) mass is 352 g/mol. The van der Waals surface area contributed by atoms with Crippen LogP contribution < -0.4 is 10.2 Å². The maximum absolute atomic E-state index is 11.7. The molecule has 0 saturated heterocycles. The average molecular weight is 352 g/mol. The molecule has 1 N–H and O–H groups in total. The minimum atomic E-state index is -0.0331. The van der Waals surface area contributed by atoms with Crippen molar-refractivity contribution in [1.29, 1.82) is 0 Å². The van der Waals surface area contributed by atoms with Gasteiger partial charge in [0, 0.05) is 6.42 Å². The number of hydrazone groups is 1. The maximum atomic E-state index is 11.7. The molecule has 0 aliphatic heterocycles. The van der Waals surface area contributed by atoms with Crippen LogP contribution in [0.2, 0.25) is 0 Å². The standard InChI is InChI=1S/C22H28N2O2/c1-2-3-4-5-9-15-22(25)24-23-17-20-13-10-14-21(16-20)26-18-19-11-7-6-8-12-19/h6-8,10-14,16-17H,2-5,9,15,18H2,1H3,(H,24,25). The molecule has 4 nitrogen and oxygen atoms in total. The number of amides is 1. The molecule has 0 fully saturated rings. The topological polar surface area (TPSA) is 50.7 Å². The van der Waals surface area contributed by atoms with Gasteiger partial charge in [0.25, 0.3) is 0 Å². The van der Waals surface area contributed by atoms with E-state index in [-0.39, 0.29) is 5.91 Å². The van der Waals surface area contributed by atoms with Gasteiger partial charge in [0.1, 0.15) is 12.4 Å². The molecule has 0 spiro atoms. The Labute approximate surface area is 156 Å². The Kier molecular flexibility index (Phi) is 8.98. The molecular formula is C22H28N2O2. The van der Waals surface area contributed by atoms with E-state index in [1.807, 2.05) is 54.6 Å². The predicted octanol–water partition coefficient (Wildman–Crippen LogP) is 5.08. The first-order valence-corrected chi connectivity index (χ1v) is 9.36. The minimum absolute atomic E-state index is 0.0331. The van der Waals surface area contributed by atoms with Crippen LogP contribution >= 0.6 is 0 Å². The molecule has 0 aliphatic rings. The van der Waals surface area contributed by atoms with E-state index >= 15 is 0 Å². The van der Waals surface area contributed by atoms with Crippen molar-refractivity contribution in [2.45, 2.75) is 52.1 Å². The van der Waals surface area contributed by atoms with Gasteiger partial charge in [-0.25, -0.2) is 5.43 Å². The number of carbonyl (C=O) groups excluding carboxylic acids is 1. The molecule has 0 unspecified atom stereocenters. The van der Waals surface area contributed by atoms with Gasteiger partial charge >= 0.3 is 0 Å². The molecule has 138 valence electrons. The number of hydrogen-bond acceptors (Lipinski definition) is 3. The Morgan fingerprint density at radius 2 is 1.85 bits per heavy atom. The number of ether oxygens (including phenoxy) is 1. The zero-order chi connectivity index (χ0) is 18.5.